The zero-order valence-corrected chi connectivity index (χ0v) is 12.0. The maximum atomic E-state index is 12.2. The first-order valence-electron chi connectivity index (χ1n) is 6.93. The molecule has 1 N–H and O–H groups in total. The third kappa shape index (κ3) is 3.70. The quantitative estimate of drug-likeness (QED) is 0.798. The Labute approximate surface area is 106 Å². The molecule has 1 rings (SSSR count). The monoisotopic (exact) mass is 240 g/mol. The van der Waals surface area contributed by atoms with Crippen LogP contribution in [0.15, 0.2) is 0 Å². The van der Waals surface area contributed by atoms with E-state index in [1.807, 2.05) is 7.05 Å². The lowest BCUT2D eigenvalue weighted by atomic mass is 9.84. The van der Waals surface area contributed by atoms with E-state index in [4.69, 9.17) is 0 Å². The fraction of sp³-hybridized carbons (Fsp3) is 0.929. The van der Waals surface area contributed by atoms with Gasteiger partial charge in [0.2, 0.25) is 5.91 Å². The highest BCUT2D eigenvalue weighted by atomic mass is 16.2. The third-order valence-corrected chi connectivity index (χ3v) is 4.02. The van der Waals surface area contributed by atoms with E-state index in [1.54, 1.807) is 0 Å². The SMILES string of the molecule is CNC1CCCN(CC(C(C)C)C(C)C)C1=O. The molecule has 0 bridgehead atoms. The predicted molar refractivity (Wildman–Crippen MR) is 71.8 cm³/mol. The van der Waals surface area contributed by atoms with Crippen molar-refractivity contribution in [2.45, 2.75) is 46.6 Å². The minimum absolute atomic E-state index is 0.0451. The molecule has 1 amide bonds. The molecule has 0 aliphatic carbocycles. The van der Waals surface area contributed by atoms with Gasteiger partial charge in [-0.2, -0.15) is 0 Å². The van der Waals surface area contributed by atoms with E-state index in [0.717, 1.165) is 25.9 Å². The van der Waals surface area contributed by atoms with E-state index < -0.39 is 0 Å². The highest BCUT2D eigenvalue weighted by molar-refractivity contribution is 5.82. The molecule has 0 aromatic rings. The van der Waals surface area contributed by atoms with Crippen molar-refractivity contribution in [2.75, 3.05) is 20.1 Å². The third-order valence-electron chi connectivity index (χ3n) is 4.02. The smallest absolute Gasteiger partial charge is 0.239 e. The minimum atomic E-state index is 0.0451. The largest absolute Gasteiger partial charge is 0.341 e. The molecule has 1 fully saturated rings. The molecule has 3 heteroatoms. The second-order valence-electron chi connectivity index (χ2n) is 5.92. The lowest BCUT2D eigenvalue weighted by Gasteiger charge is -2.37. The molecular formula is C14H28N2O. The standard InChI is InChI=1S/C14H28N2O/c1-10(2)12(11(3)4)9-16-8-6-7-13(15-5)14(16)17/h10-13,15H,6-9H2,1-5H3. The molecule has 1 aliphatic rings. The van der Waals surface area contributed by atoms with Crippen LogP contribution in [-0.4, -0.2) is 37.0 Å². The first-order valence-corrected chi connectivity index (χ1v) is 6.93. The van der Waals surface area contributed by atoms with Crippen molar-refractivity contribution in [2.24, 2.45) is 17.8 Å². The number of piperidine rings is 1. The average Bonchev–Trinajstić information content (AvgIpc) is 2.26. The summed E-state index contributed by atoms with van der Waals surface area (Å²) < 4.78 is 0. The topological polar surface area (TPSA) is 32.3 Å². The second-order valence-corrected chi connectivity index (χ2v) is 5.92. The molecule has 1 heterocycles. The van der Waals surface area contributed by atoms with E-state index in [0.29, 0.717) is 23.7 Å². The highest BCUT2D eigenvalue weighted by Gasteiger charge is 2.30. The second kappa shape index (κ2) is 6.39. The number of likely N-dealkylation sites (N-methyl/N-ethyl adjacent to an activating group) is 1. The van der Waals surface area contributed by atoms with Crippen molar-refractivity contribution >= 4 is 5.91 Å². The zero-order valence-electron chi connectivity index (χ0n) is 12.0. The fourth-order valence-corrected chi connectivity index (χ4v) is 2.84. The normalized spacial score (nSPS) is 22.0. The molecule has 1 saturated heterocycles. The molecular weight excluding hydrogens is 212 g/mol. The molecule has 0 spiro atoms. The van der Waals surface area contributed by atoms with Crippen LogP contribution in [0.4, 0.5) is 0 Å². The van der Waals surface area contributed by atoms with E-state index in [2.05, 4.69) is 37.9 Å². The van der Waals surface area contributed by atoms with Crippen molar-refractivity contribution in [1.82, 2.24) is 10.2 Å². The van der Waals surface area contributed by atoms with E-state index in [-0.39, 0.29) is 6.04 Å². The van der Waals surface area contributed by atoms with E-state index >= 15 is 0 Å². The Morgan fingerprint density at radius 3 is 2.35 bits per heavy atom. The van der Waals surface area contributed by atoms with Crippen LogP contribution in [0, 0.1) is 17.8 Å². The molecule has 17 heavy (non-hydrogen) atoms. The van der Waals surface area contributed by atoms with Crippen LogP contribution in [-0.2, 0) is 4.79 Å². The molecule has 1 aliphatic heterocycles. The van der Waals surface area contributed by atoms with Gasteiger partial charge in [-0.05, 0) is 37.6 Å². The van der Waals surface area contributed by atoms with Crippen LogP contribution >= 0.6 is 0 Å². The maximum Gasteiger partial charge on any atom is 0.239 e. The van der Waals surface area contributed by atoms with Gasteiger partial charge in [-0.1, -0.05) is 27.7 Å². The van der Waals surface area contributed by atoms with E-state index in [9.17, 15) is 4.79 Å². The van der Waals surface area contributed by atoms with Crippen molar-refractivity contribution in [1.29, 1.82) is 0 Å². The summed E-state index contributed by atoms with van der Waals surface area (Å²) in [6.45, 7) is 10.9. The molecule has 100 valence electrons. The van der Waals surface area contributed by atoms with Gasteiger partial charge in [0, 0.05) is 13.1 Å². The number of nitrogens with zero attached hydrogens (tertiary/aromatic N) is 1. The number of rotatable bonds is 5. The van der Waals surface area contributed by atoms with Crippen LogP contribution in [0.5, 0.6) is 0 Å². The van der Waals surface area contributed by atoms with Crippen LogP contribution in [0.2, 0.25) is 0 Å². The Hall–Kier alpha value is -0.570. The van der Waals surface area contributed by atoms with Gasteiger partial charge in [-0.3, -0.25) is 4.79 Å². The molecule has 0 aromatic carbocycles. The Morgan fingerprint density at radius 2 is 1.88 bits per heavy atom. The van der Waals surface area contributed by atoms with Gasteiger partial charge in [0.05, 0.1) is 6.04 Å². The van der Waals surface area contributed by atoms with Gasteiger partial charge in [-0.15, -0.1) is 0 Å². The van der Waals surface area contributed by atoms with Crippen LogP contribution < -0.4 is 5.32 Å². The number of amides is 1. The minimum Gasteiger partial charge on any atom is -0.341 e. The van der Waals surface area contributed by atoms with Crippen molar-refractivity contribution in [3.05, 3.63) is 0 Å². The summed E-state index contributed by atoms with van der Waals surface area (Å²) in [6.07, 6.45) is 2.11. The molecule has 3 nitrogen and oxygen atoms in total. The van der Waals surface area contributed by atoms with Gasteiger partial charge in [0.1, 0.15) is 0 Å². The number of hydrogen-bond acceptors (Lipinski definition) is 2. The van der Waals surface area contributed by atoms with Crippen molar-refractivity contribution < 1.29 is 4.79 Å². The van der Waals surface area contributed by atoms with Crippen molar-refractivity contribution in [3.8, 4) is 0 Å². The summed E-state index contributed by atoms with van der Waals surface area (Å²) in [5.41, 5.74) is 0. The molecule has 1 unspecified atom stereocenters. The van der Waals surface area contributed by atoms with Gasteiger partial charge >= 0.3 is 0 Å². The highest BCUT2D eigenvalue weighted by Crippen LogP contribution is 2.23. The van der Waals surface area contributed by atoms with Crippen LogP contribution in [0.1, 0.15) is 40.5 Å². The Balaban J connectivity index is 2.62. The first-order chi connectivity index (χ1) is 7.97. The van der Waals surface area contributed by atoms with Gasteiger partial charge in [0.25, 0.3) is 0 Å². The maximum absolute atomic E-state index is 12.2. The number of hydrogen-bond donors (Lipinski definition) is 1. The predicted octanol–water partition coefficient (Wildman–Crippen LogP) is 2.12. The summed E-state index contributed by atoms with van der Waals surface area (Å²) in [4.78, 5) is 14.3. The van der Waals surface area contributed by atoms with Gasteiger partial charge in [0.15, 0.2) is 0 Å². The summed E-state index contributed by atoms with van der Waals surface area (Å²) in [6, 6.07) is 0.0451. The summed E-state index contributed by atoms with van der Waals surface area (Å²) in [5, 5.41) is 3.12. The number of carbonyl (C=O) groups is 1. The molecule has 1 atom stereocenters. The molecule has 0 saturated carbocycles. The fourth-order valence-electron chi connectivity index (χ4n) is 2.84. The Bertz CT molecular complexity index is 243. The average molecular weight is 240 g/mol. The zero-order chi connectivity index (χ0) is 13.0. The lowest BCUT2D eigenvalue weighted by Crippen LogP contribution is -2.51. The van der Waals surface area contributed by atoms with E-state index in [1.165, 1.54) is 0 Å². The Kier molecular flexibility index (Phi) is 5.44. The summed E-state index contributed by atoms with van der Waals surface area (Å²) in [5.74, 6) is 2.18. The lowest BCUT2D eigenvalue weighted by molar-refractivity contribution is -0.137. The first kappa shape index (κ1) is 14.5. The van der Waals surface area contributed by atoms with Gasteiger partial charge < -0.3 is 10.2 Å². The Morgan fingerprint density at radius 1 is 1.29 bits per heavy atom. The molecule has 0 aromatic heterocycles. The number of carbonyl (C=O) groups excluding carboxylic acids is 1. The summed E-state index contributed by atoms with van der Waals surface area (Å²) in [7, 11) is 1.88. The summed E-state index contributed by atoms with van der Waals surface area (Å²) >= 11 is 0. The van der Waals surface area contributed by atoms with Crippen LogP contribution in [0.25, 0.3) is 0 Å². The number of likely N-dealkylation sites (tertiary alicyclic amines) is 1. The van der Waals surface area contributed by atoms with Gasteiger partial charge in [-0.25, -0.2) is 0 Å². The van der Waals surface area contributed by atoms with Crippen LogP contribution in [0.3, 0.4) is 0 Å². The molecule has 0 radical (unpaired) electrons. The van der Waals surface area contributed by atoms with Crippen molar-refractivity contribution in [3.63, 3.8) is 0 Å². The number of nitrogens with one attached hydrogen (secondary N) is 1.